The maximum atomic E-state index is 12.9. The standard InChI is InChI=1S/C17H16ClN3O3S/c1-20(2)15(22)10-25-17-19-14-8-11(18)5-6-13(14)16(23)21(17)9-12-4-3-7-24-12/h3-8H,9-10H2,1-2H3. The lowest BCUT2D eigenvalue weighted by molar-refractivity contribution is -0.125. The van der Waals surface area contributed by atoms with Gasteiger partial charge in [-0.1, -0.05) is 23.4 Å². The van der Waals surface area contributed by atoms with E-state index in [1.54, 1.807) is 50.7 Å². The van der Waals surface area contributed by atoms with Crippen molar-refractivity contribution in [2.24, 2.45) is 0 Å². The summed E-state index contributed by atoms with van der Waals surface area (Å²) in [6.45, 7) is 0.246. The first-order chi connectivity index (χ1) is 12.0. The molecule has 0 N–H and O–H groups in total. The molecule has 2 heterocycles. The monoisotopic (exact) mass is 377 g/mol. The average Bonchev–Trinajstić information content (AvgIpc) is 3.08. The fourth-order valence-corrected chi connectivity index (χ4v) is 3.38. The van der Waals surface area contributed by atoms with Crippen LogP contribution < -0.4 is 5.56 Å². The third-order valence-corrected chi connectivity index (χ3v) is 4.80. The number of amides is 1. The number of rotatable bonds is 5. The molecule has 0 saturated carbocycles. The molecule has 6 nitrogen and oxygen atoms in total. The Bertz CT molecular complexity index is 967. The number of aromatic nitrogens is 2. The molecule has 0 aliphatic rings. The van der Waals surface area contributed by atoms with Crippen molar-refractivity contribution in [2.75, 3.05) is 19.8 Å². The van der Waals surface area contributed by atoms with Gasteiger partial charge in [0.15, 0.2) is 5.16 Å². The number of thioether (sulfide) groups is 1. The zero-order chi connectivity index (χ0) is 18.0. The van der Waals surface area contributed by atoms with E-state index in [1.807, 2.05) is 0 Å². The lowest BCUT2D eigenvalue weighted by Gasteiger charge is -2.13. The molecule has 0 fully saturated rings. The van der Waals surface area contributed by atoms with Gasteiger partial charge < -0.3 is 9.32 Å². The summed E-state index contributed by atoms with van der Waals surface area (Å²) in [5, 5.41) is 1.43. The number of nitrogens with zero attached hydrogens (tertiary/aromatic N) is 3. The summed E-state index contributed by atoms with van der Waals surface area (Å²) >= 11 is 7.23. The van der Waals surface area contributed by atoms with Crippen LogP contribution in [-0.4, -0.2) is 40.2 Å². The van der Waals surface area contributed by atoms with E-state index in [2.05, 4.69) is 4.98 Å². The van der Waals surface area contributed by atoms with Crippen LogP contribution in [-0.2, 0) is 11.3 Å². The molecule has 0 spiro atoms. The lowest BCUT2D eigenvalue weighted by atomic mass is 10.2. The van der Waals surface area contributed by atoms with Crippen molar-refractivity contribution in [1.82, 2.24) is 14.5 Å². The van der Waals surface area contributed by atoms with E-state index in [1.165, 1.54) is 21.2 Å². The molecule has 0 bridgehead atoms. The van der Waals surface area contributed by atoms with Crippen LogP contribution in [0.15, 0.2) is 51.0 Å². The Balaban J connectivity index is 2.07. The first kappa shape index (κ1) is 17.6. The van der Waals surface area contributed by atoms with Crippen LogP contribution in [0, 0.1) is 0 Å². The number of carbonyl (C=O) groups is 1. The minimum atomic E-state index is -0.196. The highest BCUT2D eigenvalue weighted by Gasteiger charge is 2.15. The summed E-state index contributed by atoms with van der Waals surface area (Å²) < 4.78 is 6.87. The van der Waals surface area contributed by atoms with Gasteiger partial charge in [0, 0.05) is 19.1 Å². The Labute approximate surface area is 153 Å². The summed E-state index contributed by atoms with van der Waals surface area (Å²) in [4.78, 5) is 30.8. The van der Waals surface area contributed by atoms with Gasteiger partial charge in [-0.25, -0.2) is 4.98 Å². The summed E-state index contributed by atoms with van der Waals surface area (Å²) in [5.41, 5.74) is 0.311. The van der Waals surface area contributed by atoms with Crippen LogP contribution in [0.5, 0.6) is 0 Å². The molecule has 0 atom stereocenters. The molecule has 1 aromatic carbocycles. The fourth-order valence-electron chi connectivity index (χ4n) is 2.24. The van der Waals surface area contributed by atoms with E-state index in [-0.39, 0.29) is 23.8 Å². The molecule has 2 aromatic heterocycles. The second-order valence-corrected chi connectivity index (χ2v) is 6.98. The predicted molar refractivity (Wildman–Crippen MR) is 98.2 cm³/mol. The van der Waals surface area contributed by atoms with E-state index in [4.69, 9.17) is 16.0 Å². The molecular weight excluding hydrogens is 362 g/mol. The largest absolute Gasteiger partial charge is 0.467 e. The Morgan fingerprint density at radius 3 is 2.84 bits per heavy atom. The quantitative estimate of drug-likeness (QED) is 0.505. The minimum absolute atomic E-state index is 0.0602. The van der Waals surface area contributed by atoms with Crippen LogP contribution in [0.2, 0.25) is 5.02 Å². The Morgan fingerprint density at radius 1 is 1.36 bits per heavy atom. The van der Waals surface area contributed by atoms with E-state index in [0.717, 1.165) is 0 Å². The summed E-state index contributed by atoms with van der Waals surface area (Å²) in [5.74, 6) is 0.761. The molecule has 3 aromatic rings. The summed E-state index contributed by atoms with van der Waals surface area (Å²) in [7, 11) is 3.37. The second kappa shape index (κ2) is 7.33. The molecule has 130 valence electrons. The van der Waals surface area contributed by atoms with Gasteiger partial charge in [0.25, 0.3) is 5.56 Å². The normalized spacial score (nSPS) is 11.0. The Hall–Kier alpha value is -2.25. The van der Waals surface area contributed by atoms with E-state index in [0.29, 0.717) is 26.8 Å². The maximum absolute atomic E-state index is 12.9. The van der Waals surface area contributed by atoms with Gasteiger partial charge in [0.1, 0.15) is 5.76 Å². The SMILES string of the molecule is CN(C)C(=O)CSc1nc2cc(Cl)ccc2c(=O)n1Cc1ccco1. The van der Waals surface area contributed by atoms with E-state index < -0.39 is 0 Å². The average molecular weight is 378 g/mol. The molecule has 0 saturated heterocycles. The molecule has 1 amide bonds. The highest BCUT2D eigenvalue weighted by molar-refractivity contribution is 7.99. The molecule has 3 rings (SSSR count). The smallest absolute Gasteiger partial charge is 0.262 e. The number of fused-ring (bicyclic) bond motifs is 1. The number of benzene rings is 1. The minimum Gasteiger partial charge on any atom is -0.467 e. The Morgan fingerprint density at radius 2 is 2.16 bits per heavy atom. The van der Waals surface area contributed by atoms with Crippen molar-refractivity contribution < 1.29 is 9.21 Å². The maximum Gasteiger partial charge on any atom is 0.262 e. The van der Waals surface area contributed by atoms with Crippen LogP contribution in [0.25, 0.3) is 10.9 Å². The van der Waals surface area contributed by atoms with Gasteiger partial charge in [0.05, 0.1) is 29.5 Å². The number of halogens is 1. The summed E-state index contributed by atoms with van der Waals surface area (Å²) in [6, 6.07) is 8.51. The van der Waals surface area contributed by atoms with Gasteiger partial charge in [-0.3, -0.25) is 14.2 Å². The van der Waals surface area contributed by atoms with Gasteiger partial charge in [0.2, 0.25) is 5.91 Å². The zero-order valence-electron chi connectivity index (χ0n) is 13.7. The first-order valence-electron chi connectivity index (χ1n) is 7.51. The van der Waals surface area contributed by atoms with Crippen LogP contribution in [0.3, 0.4) is 0 Å². The summed E-state index contributed by atoms with van der Waals surface area (Å²) in [6.07, 6.45) is 1.55. The highest BCUT2D eigenvalue weighted by Crippen LogP contribution is 2.21. The molecular formula is C17H16ClN3O3S. The van der Waals surface area contributed by atoms with Crippen molar-refractivity contribution in [3.8, 4) is 0 Å². The third kappa shape index (κ3) is 3.88. The first-order valence-corrected chi connectivity index (χ1v) is 8.87. The number of carbonyl (C=O) groups excluding carboxylic acids is 1. The molecule has 0 aliphatic heterocycles. The van der Waals surface area contributed by atoms with Crippen molar-refractivity contribution in [3.63, 3.8) is 0 Å². The number of hydrogen-bond donors (Lipinski definition) is 0. The predicted octanol–water partition coefficient (Wildman–Crippen LogP) is 2.87. The lowest BCUT2D eigenvalue weighted by Crippen LogP contribution is -2.26. The molecule has 0 unspecified atom stereocenters. The van der Waals surface area contributed by atoms with Crippen molar-refractivity contribution in [3.05, 3.63) is 57.7 Å². The van der Waals surface area contributed by atoms with Gasteiger partial charge in [-0.2, -0.15) is 0 Å². The topological polar surface area (TPSA) is 68.3 Å². The van der Waals surface area contributed by atoms with Crippen LogP contribution in [0.1, 0.15) is 5.76 Å². The van der Waals surface area contributed by atoms with Gasteiger partial charge >= 0.3 is 0 Å². The molecule has 8 heteroatoms. The number of furan rings is 1. The third-order valence-electron chi connectivity index (χ3n) is 3.60. The second-order valence-electron chi connectivity index (χ2n) is 5.60. The zero-order valence-corrected chi connectivity index (χ0v) is 15.3. The van der Waals surface area contributed by atoms with Gasteiger partial charge in [-0.05, 0) is 30.3 Å². The van der Waals surface area contributed by atoms with Crippen LogP contribution in [0.4, 0.5) is 0 Å². The van der Waals surface area contributed by atoms with Crippen molar-refractivity contribution >= 4 is 40.2 Å². The van der Waals surface area contributed by atoms with Gasteiger partial charge in [-0.15, -0.1) is 0 Å². The van der Waals surface area contributed by atoms with E-state index >= 15 is 0 Å². The van der Waals surface area contributed by atoms with Crippen molar-refractivity contribution in [1.29, 1.82) is 0 Å². The molecule has 25 heavy (non-hydrogen) atoms. The number of hydrogen-bond acceptors (Lipinski definition) is 5. The van der Waals surface area contributed by atoms with E-state index in [9.17, 15) is 9.59 Å². The van der Waals surface area contributed by atoms with Crippen molar-refractivity contribution in [2.45, 2.75) is 11.7 Å². The molecule has 0 aliphatic carbocycles. The van der Waals surface area contributed by atoms with Crippen LogP contribution >= 0.6 is 23.4 Å². The molecule has 0 radical (unpaired) electrons. The fraction of sp³-hybridized carbons (Fsp3) is 0.235. The highest BCUT2D eigenvalue weighted by atomic mass is 35.5. The Kier molecular flexibility index (Phi) is 5.15.